The summed E-state index contributed by atoms with van der Waals surface area (Å²) < 4.78 is 11.1. The van der Waals surface area contributed by atoms with Crippen LogP contribution in [0.5, 0.6) is 11.5 Å². The lowest BCUT2D eigenvalue weighted by Gasteiger charge is -2.21. The first kappa shape index (κ1) is 17.4. The molecule has 0 saturated carbocycles. The van der Waals surface area contributed by atoms with E-state index < -0.39 is 0 Å². The molecular formula is C20H26O3. The number of phenolic OH excluding ortho intramolecular Hbond substituents is 1. The van der Waals surface area contributed by atoms with E-state index in [2.05, 4.69) is 26.0 Å². The third-order valence-electron chi connectivity index (χ3n) is 4.28. The van der Waals surface area contributed by atoms with E-state index in [0.29, 0.717) is 24.2 Å². The van der Waals surface area contributed by atoms with Crippen molar-refractivity contribution in [2.75, 3.05) is 6.61 Å². The van der Waals surface area contributed by atoms with Gasteiger partial charge in [-0.05, 0) is 61.1 Å². The minimum Gasteiger partial charge on any atom is -0.508 e. The molecule has 0 amide bonds. The van der Waals surface area contributed by atoms with Crippen molar-refractivity contribution in [1.82, 2.24) is 0 Å². The Morgan fingerprint density at radius 3 is 1.78 bits per heavy atom. The third-order valence-corrected chi connectivity index (χ3v) is 4.28. The summed E-state index contributed by atoms with van der Waals surface area (Å²) >= 11 is 0. The Bertz CT molecular complexity index is 589. The van der Waals surface area contributed by atoms with Crippen molar-refractivity contribution in [2.45, 2.75) is 45.8 Å². The highest BCUT2D eigenvalue weighted by Gasteiger charge is 2.16. The minimum atomic E-state index is -0.237. The normalized spacial score (nSPS) is 15.0. The molecule has 0 aromatic heterocycles. The van der Waals surface area contributed by atoms with Gasteiger partial charge in [0.2, 0.25) is 0 Å². The lowest BCUT2D eigenvalue weighted by molar-refractivity contribution is -0.0613. The number of aromatic hydroxyl groups is 1. The van der Waals surface area contributed by atoms with E-state index >= 15 is 0 Å². The monoisotopic (exact) mass is 314 g/mol. The fourth-order valence-electron chi connectivity index (χ4n) is 2.67. The number of rotatable bonds is 7. The topological polar surface area (TPSA) is 38.7 Å². The molecule has 0 bridgehead atoms. The summed E-state index contributed by atoms with van der Waals surface area (Å²) in [7, 11) is 0. The quantitative estimate of drug-likeness (QED) is 0.726. The fourth-order valence-corrected chi connectivity index (χ4v) is 2.67. The summed E-state index contributed by atoms with van der Waals surface area (Å²) in [5.41, 5.74) is 2.49. The van der Waals surface area contributed by atoms with Crippen molar-refractivity contribution in [3.05, 3.63) is 59.7 Å². The molecule has 0 saturated heterocycles. The van der Waals surface area contributed by atoms with Gasteiger partial charge in [0.1, 0.15) is 11.5 Å². The molecule has 0 aliphatic carbocycles. The van der Waals surface area contributed by atoms with Crippen LogP contribution in [-0.2, 0) is 4.74 Å². The van der Waals surface area contributed by atoms with Gasteiger partial charge < -0.3 is 14.6 Å². The summed E-state index contributed by atoms with van der Waals surface area (Å²) in [5.74, 6) is 1.86. The molecule has 3 nitrogen and oxygen atoms in total. The second-order valence-electron chi connectivity index (χ2n) is 5.88. The van der Waals surface area contributed by atoms with Crippen molar-refractivity contribution < 1.29 is 14.6 Å². The van der Waals surface area contributed by atoms with Crippen LogP contribution < -0.4 is 4.74 Å². The predicted molar refractivity (Wildman–Crippen MR) is 93.1 cm³/mol. The van der Waals surface area contributed by atoms with Gasteiger partial charge in [-0.3, -0.25) is 0 Å². The molecule has 0 heterocycles. The van der Waals surface area contributed by atoms with Gasteiger partial charge in [0.05, 0.1) is 0 Å². The largest absolute Gasteiger partial charge is 0.508 e. The number of hydrogen-bond donors (Lipinski definition) is 1. The molecule has 23 heavy (non-hydrogen) atoms. The van der Waals surface area contributed by atoms with Gasteiger partial charge in [-0.2, -0.15) is 0 Å². The van der Waals surface area contributed by atoms with Crippen LogP contribution in [0.4, 0.5) is 0 Å². The van der Waals surface area contributed by atoms with Gasteiger partial charge in [0.15, 0.2) is 6.29 Å². The van der Waals surface area contributed by atoms with E-state index in [0.717, 1.165) is 5.75 Å². The first-order valence-corrected chi connectivity index (χ1v) is 8.18. The molecular weight excluding hydrogens is 288 g/mol. The highest BCUT2D eigenvalue weighted by Crippen LogP contribution is 2.33. The van der Waals surface area contributed by atoms with Gasteiger partial charge in [-0.25, -0.2) is 0 Å². The van der Waals surface area contributed by atoms with E-state index in [-0.39, 0.29) is 6.29 Å². The molecule has 0 radical (unpaired) electrons. The predicted octanol–water partition coefficient (Wildman–Crippen LogP) is 5.06. The van der Waals surface area contributed by atoms with Crippen LogP contribution in [0, 0.1) is 0 Å². The van der Waals surface area contributed by atoms with Crippen molar-refractivity contribution in [3.63, 3.8) is 0 Å². The Morgan fingerprint density at radius 2 is 1.30 bits per heavy atom. The Morgan fingerprint density at radius 1 is 0.826 bits per heavy atom. The Labute approximate surface area is 138 Å². The van der Waals surface area contributed by atoms with E-state index in [9.17, 15) is 5.11 Å². The fraction of sp³-hybridized carbons (Fsp3) is 0.400. The Kier molecular flexibility index (Phi) is 6.05. The van der Waals surface area contributed by atoms with Gasteiger partial charge in [0.25, 0.3) is 0 Å². The lowest BCUT2D eigenvalue weighted by Crippen LogP contribution is -2.15. The van der Waals surface area contributed by atoms with Gasteiger partial charge in [0, 0.05) is 6.61 Å². The number of benzene rings is 2. The van der Waals surface area contributed by atoms with E-state index in [1.54, 1.807) is 12.1 Å². The minimum absolute atomic E-state index is 0.237. The average Bonchev–Trinajstić information content (AvgIpc) is 2.55. The van der Waals surface area contributed by atoms with Crippen LogP contribution in [0.25, 0.3) is 0 Å². The maximum atomic E-state index is 9.41. The summed E-state index contributed by atoms with van der Waals surface area (Å²) in [6.45, 7) is 8.91. The lowest BCUT2D eigenvalue weighted by atomic mass is 9.84. The smallest absolute Gasteiger partial charge is 0.196 e. The third kappa shape index (κ3) is 4.73. The van der Waals surface area contributed by atoms with Gasteiger partial charge >= 0.3 is 0 Å². The second-order valence-corrected chi connectivity index (χ2v) is 5.88. The second kappa shape index (κ2) is 8.02. The first-order valence-electron chi connectivity index (χ1n) is 8.18. The molecule has 0 aliphatic heterocycles. The average molecular weight is 314 g/mol. The van der Waals surface area contributed by atoms with Gasteiger partial charge in [-0.1, -0.05) is 38.1 Å². The highest BCUT2D eigenvalue weighted by atomic mass is 16.7. The van der Waals surface area contributed by atoms with Crippen LogP contribution in [0.15, 0.2) is 48.5 Å². The summed E-state index contributed by atoms with van der Waals surface area (Å²) in [5, 5.41) is 9.41. The molecule has 3 atom stereocenters. The zero-order chi connectivity index (χ0) is 16.8. The summed E-state index contributed by atoms with van der Waals surface area (Å²) in [6.07, 6.45) is -0.237. The van der Waals surface area contributed by atoms with Crippen LogP contribution >= 0.6 is 0 Å². The molecule has 2 aromatic carbocycles. The molecule has 2 rings (SSSR count). The van der Waals surface area contributed by atoms with E-state index in [4.69, 9.17) is 9.47 Å². The van der Waals surface area contributed by atoms with Crippen LogP contribution in [-0.4, -0.2) is 18.0 Å². The Balaban J connectivity index is 2.04. The van der Waals surface area contributed by atoms with E-state index in [1.165, 1.54) is 11.1 Å². The van der Waals surface area contributed by atoms with Crippen LogP contribution in [0.2, 0.25) is 0 Å². The zero-order valence-electron chi connectivity index (χ0n) is 14.3. The number of ether oxygens (including phenoxy) is 2. The van der Waals surface area contributed by atoms with Crippen LogP contribution in [0.1, 0.15) is 50.7 Å². The van der Waals surface area contributed by atoms with Crippen LogP contribution in [0.3, 0.4) is 0 Å². The van der Waals surface area contributed by atoms with E-state index in [1.807, 2.05) is 38.1 Å². The molecule has 3 heteroatoms. The zero-order valence-corrected chi connectivity index (χ0v) is 14.3. The standard InChI is InChI=1S/C20H26O3/c1-5-22-16(4)23-20-12-8-18(9-13-20)15(3)14(2)17-6-10-19(21)11-7-17/h6-16,21H,5H2,1-4H3. The van der Waals surface area contributed by atoms with Crippen molar-refractivity contribution >= 4 is 0 Å². The maximum Gasteiger partial charge on any atom is 0.196 e. The maximum absolute atomic E-state index is 9.41. The van der Waals surface area contributed by atoms with Crippen molar-refractivity contribution in [2.24, 2.45) is 0 Å². The first-order chi connectivity index (χ1) is 11.0. The number of phenols is 1. The molecule has 0 fully saturated rings. The Hall–Kier alpha value is -2.00. The summed E-state index contributed by atoms with van der Waals surface area (Å²) in [6, 6.07) is 15.6. The molecule has 3 unspecified atom stereocenters. The molecule has 2 aromatic rings. The molecule has 0 aliphatic rings. The number of hydrogen-bond acceptors (Lipinski definition) is 3. The molecule has 124 valence electrons. The van der Waals surface area contributed by atoms with Crippen molar-refractivity contribution in [3.8, 4) is 11.5 Å². The van der Waals surface area contributed by atoms with Crippen molar-refractivity contribution in [1.29, 1.82) is 0 Å². The molecule has 1 N–H and O–H groups in total. The summed E-state index contributed by atoms with van der Waals surface area (Å²) in [4.78, 5) is 0. The molecule has 0 spiro atoms. The van der Waals surface area contributed by atoms with Gasteiger partial charge in [-0.15, -0.1) is 0 Å². The highest BCUT2D eigenvalue weighted by molar-refractivity contribution is 5.34. The SMILES string of the molecule is CCOC(C)Oc1ccc(C(C)C(C)c2ccc(O)cc2)cc1.